The van der Waals surface area contributed by atoms with Gasteiger partial charge in [-0.3, -0.25) is 73.1 Å². The molecule has 3 rings (SSSR count). The van der Waals surface area contributed by atoms with Crippen LogP contribution in [0.3, 0.4) is 0 Å². The van der Waals surface area contributed by atoms with Crippen LogP contribution in [0, 0.1) is 23.7 Å². The summed E-state index contributed by atoms with van der Waals surface area (Å²) in [4.78, 5) is 155. The van der Waals surface area contributed by atoms with Crippen molar-refractivity contribution in [1.82, 2.24) is 20.9 Å². The van der Waals surface area contributed by atoms with E-state index >= 15 is 0 Å². The number of amides is 5. The van der Waals surface area contributed by atoms with Gasteiger partial charge in [0.2, 0.25) is 29.5 Å². The number of hydrogen-bond donors (Lipinski definition) is 17. The number of nitrogens with zero attached hydrogens (tertiary/aromatic N) is 7. The van der Waals surface area contributed by atoms with Gasteiger partial charge in [-0.15, -0.1) is 0 Å². The van der Waals surface area contributed by atoms with Crippen molar-refractivity contribution in [3.63, 3.8) is 0 Å². The summed E-state index contributed by atoms with van der Waals surface area (Å²) < 4.78 is 0. The number of nitrogens with two attached hydrogens (primary N) is 14. The number of unbranched alkanes of at least 4 members (excludes halogenated alkanes) is 1. The van der Waals surface area contributed by atoms with Crippen LogP contribution in [0.1, 0.15) is 140 Å². The number of guanidine groups is 6. The van der Waals surface area contributed by atoms with Crippen molar-refractivity contribution in [2.24, 2.45) is 134 Å². The number of hydrogen-bond acceptors (Lipinski definition) is 16. The van der Waals surface area contributed by atoms with E-state index in [1.54, 1.807) is 4.90 Å². The molecule has 8 atom stereocenters. The van der Waals surface area contributed by atoms with Gasteiger partial charge in [0.1, 0.15) is 0 Å². The maximum absolute atomic E-state index is 14.9. The molecule has 0 aromatic heterocycles. The first-order valence-electron chi connectivity index (χ1n) is 32.8. The molecule has 1 aliphatic rings. The molecule has 33 nitrogen and oxygen atoms in total. The first-order chi connectivity index (χ1) is 45.7. The number of carbonyl (C=O) groups excluding carboxylic acids is 9. The predicted molar refractivity (Wildman–Crippen MR) is 372 cm³/mol. The fraction of sp³-hybridized carbons (Fsp3) is 0.603. The van der Waals surface area contributed by atoms with Crippen LogP contribution in [0.5, 0.6) is 0 Å². The highest BCUT2D eigenvalue weighted by Gasteiger charge is 2.38. The Balaban J connectivity index is 2.02. The number of Topliss-reactive ketones (excluding diaryl/α,β-unsaturated/α-hetero) is 4. The Hall–Kier alpha value is -9.69. The Labute approximate surface area is 560 Å². The van der Waals surface area contributed by atoms with Crippen molar-refractivity contribution in [3.05, 3.63) is 48.0 Å². The molecular formula is C63H106N24O9. The molecule has 1 fully saturated rings. The van der Waals surface area contributed by atoms with Gasteiger partial charge >= 0.3 is 0 Å². The third kappa shape index (κ3) is 31.5. The fourth-order valence-electron chi connectivity index (χ4n) is 11.5. The second kappa shape index (κ2) is 44.1. The molecular weight excluding hydrogens is 1240 g/mol. The van der Waals surface area contributed by atoms with Crippen molar-refractivity contribution in [1.29, 1.82) is 0 Å². The summed E-state index contributed by atoms with van der Waals surface area (Å²) in [6.45, 7) is 1.11. The summed E-state index contributed by atoms with van der Waals surface area (Å²) in [6.07, 6.45) is 2.00. The number of carbonyl (C=O) groups is 9. The number of rotatable bonds is 49. The maximum atomic E-state index is 14.9. The van der Waals surface area contributed by atoms with Gasteiger partial charge in [-0.05, 0) is 126 Å². The zero-order valence-electron chi connectivity index (χ0n) is 55.3. The van der Waals surface area contributed by atoms with Crippen LogP contribution in [-0.4, -0.2) is 170 Å². The number of likely N-dealkylation sites (tertiary alicyclic amines) is 1. The molecule has 0 spiro atoms. The van der Waals surface area contributed by atoms with Gasteiger partial charge < -0.3 is 101 Å². The highest BCUT2D eigenvalue weighted by molar-refractivity contribution is 5.99. The molecule has 0 unspecified atom stereocenters. The zero-order valence-corrected chi connectivity index (χ0v) is 55.3. The summed E-state index contributed by atoms with van der Waals surface area (Å²) >= 11 is 0. The topological polar surface area (TPSA) is 631 Å². The van der Waals surface area contributed by atoms with Crippen molar-refractivity contribution in [3.8, 4) is 0 Å². The third-order valence-electron chi connectivity index (χ3n) is 16.4. The fourth-order valence-corrected chi connectivity index (χ4v) is 11.5. The van der Waals surface area contributed by atoms with Crippen LogP contribution in [0.15, 0.2) is 72.4 Å². The minimum absolute atomic E-state index is 0.0000839. The van der Waals surface area contributed by atoms with Crippen molar-refractivity contribution in [2.45, 2.75) is 165 Å². The van der Waals surface area contributed by atoms with Gasteiger partial charge in [0.15, 0.2) is 58.9 Å². The van der Waals surface area contributed by atoms with E-state index in [-0.39, 0.29) is 183 Å². The van der Waals surface area contributed by atoms with E-state index in [1.165, 1.54) is 0 Å². The smallest absolute Gasteiger partial charge is 0.227 e. The third-order valence-corrected chi connectivity index (χ3v) is 16.4. The molecule has 1 saturated heterocycles. The lowest BCUT2D eigenvalue weighted by Gasteiger charge is -2.27. The Kier molecular flexibility index (Phi) is 37.0. The molecule has 33 heteroatoms. The average molecular weight is 1340 g/mol. The largest absolute Gasteiger partial charge is 0.370 e. The molecule has 5 amide bonds. The molecule has 96 heavy (non-hydrogen) atoms. The number of benzene rings is 2. The number of nitrogens with one attached hydrogen (secondary N) is 3. The van der Waals surface area contributed by atoms with E-state index in [2.05, 4.69) is 45.9 Å². The van der Waals surface area contributed by atoms with E-state index in [0.29, 0.717) is 45.2 Å². The molecule has 31 N–H and O–H groups in total. The van der Waals surface area contributed by atoms with Crippen molar-refractivity contribution >= 4 is 99.2 Å². The molecule has 0 saturated carbocycles. The Morgan fingerprint density at radius 2 is 0.781 bits per heavy atom. The van der Waals surface area contributed by atoms with Gasteiger partial charge in [0, 0.05) is 95.2 Å². The average Bonchev–Trinajstić information content (AvgIpc) is 1.28. The molecule has 1 heterocycles. The molecule has 1 aliphatic heterocycles. The van der Waals surface area contributed by atoms with E-state index in [0.717, 1.165) is 16.3 Å². The zero-order chi connectivity index (χ0) is 71.1. The van der Waals surface area contributed by atoms with Gasteiger partial charge in [-0.2, -0.15) is 0 Å². The number of ketones is 4. The lowest BCUT2D eigenvalue weighted by atomic mass is 9.88. The number of aliphatic imine (C=N–C) groups is 6. The van der Waals surface area contributed by atoms with Crippen molar-refractivity contribution in [2.75, 3.05) is 52.4 Å². The Morgan fingerprint density at radius 3 is 1.18 bits per heavy atom. The standard InChI is InChI=1S/C63H106N24O9/c64-25-4-3-14-41(36-52(91)48-24-12-32-87(48)53(92)37-39-16-5-15-38-13-1-2-20-44(38)39)55(94)85-46(22-10-30-82-62(74)75)50(89)35-43(19-8-28-80-60(70)71)57(96)86-47(23-11-31-83-63(76)77)51(90)34-42(18-7-27-79-59(68)69)56(95)84-45(21-9-29-81-61(72)73)49(88)33-40(54(65)93)17-6-26-78-58(66)67/h1-2,5,13,15-16,20,40-43,45-48H,3-4,6-12,14,17-19,21-37,64H2,(H2,65,93)(H,84,95)(H,85,94)(H,86,96)(H4,66,67,78)(H4,68,69,79)(H4,70,71,80)(H4,72,73,81)(H4,74,75,82)(H4,76,77,83)/t40-,41-,42-,43-,45+,46+,47+,48+/m1/s1. The molecule has 2 aromatic carbocycles. The second-order valence-electron chi connectivity index (χ2n) is 24.1. The molecule has 0 aliphatic carbocycles. The number of primary amides is 1. The van der Waals surface area contributed by atoms with Gasteiger partial charge in [0.05, 0.1) is 30.6 Å². The first kappa shape index (κ1) is 80.5. The Morgan fingerprint density at radius 1 is 0.427 bits per heavy atom. The minimum Gasteiger partial charge on any atom is -0.370 e. The van der Waals surface area contributed by atoms with E-state index in [9.17, 15) is 43.2 Å². The lowest BCUT2D eigenvalue weighted by Crippen LogP contribution is -2.49. The van der Waals surface area contributed by atoms with Crippen LogP contribution < -0.4 is 96.2 Å². The Bertz CT molecular complexity index is 3050. The van der Waals surface area contributed by atoms with E-state index < -0.39 is 102 Å². The summed E-state index contributed by atoms with van der Waals surface area (Å²) in [5.41, 5.74) is 79.5. The lowest BCUT2D eigenvalue weighted by molar-refractivity contribution is -0.139. The molecule has 0 bridgehead atoms. The van der Waals surface area contributed by atoms with Gasteiger partial charge in [-0.1, -0.05) is 48.9 Å². The maximum Gasteiger partial charge on any atom is 0.227 e. The van der Waals surface area contributed by atoms with E-state index in [4.69, 9.17) is 80.3 Å². The quantitative estimate of drug-likeness (QED) is 0.0179. The SMILES string of the molecule is NCCCC[C@H](CC(=O)[C@@H]1CCCN1C(=O)Cc1cccc2ccccc12)C(=O)N[C@@H](CCCN=C(N)N)C(=O)C[C@@H](CCCN=C(N)N)C(=O)N[C@@H](CCCN=C(N)N)C(=O)C[C@@H](CCCN=C(N)N)C(=O)N[C@@H](CCCN=C(N)N)C(=O)C[C@@H](CCCN=C(N)N)C(N)=O. The summed E-state index contributed by atoms with van der Waals surface area (Å²) in [5, 5.41) is 10.4. The number of fused-ring (bicyclic) bond motifs is 1. The highest BCUT2D eigenvalue weighted by atomic mass is 16.2. The summed E-state index contributed by atoms with van der Waals surface area (Å²) in [5.74, 6) is -10.6. The van der Waals surface area contributed by atoms with Gasteiger partial charge in [0.25, 0.3) is 0 Å². The summed E-state index contributed by atoms with van der Waals surface area (Å²) in [6, 6.07) is 8.92. The van der Waals surface area contributed by atoms with E-state index in [1.807, 2.05) is 42.5 Å². The predicted octanol–water partition coefficient (Wildman–Crippen LogP) is -2.93. The first-order valence-corrected chi connectivity index (χ1v) is 32.8. The van der Waals surface area contributed by atoms with Crippen LogP contribution >= 0.6 is 0 Å². The normalized spacial score (nSPS) is 14.8. The van der Waals surface area contributed by atoms with Crippen molar-refractivity contribution < 1.29 is 43.2 Å². The highest BCUT2D eigenvalue weighted by Crippen LogP contribution is 2.27. The second-order valence-corrected chi connectivity index (χ2v) is 24.1. The molecule has 2 aromatic rings. The van der Waals surface area contributed by atoms with Gasteiger partial charge in [-0.25, -0.2) is 0 Å². The summed E-state index contributed by atoms with van der Waals surface area (Å²) in [7, 11) is 0. The molecule has 0 radical (unpaired) electrons. The van der Waals surface area contributed by atoms with Crippen LogP contribution in [-0.2, 0) is 49.6 Å². The monoisotopic (exact) mass is 1340 g/mol. The molecule has 532 valence electrons. The van der Waals surface area contributed by atoms with Crippen LogP contribution in [0.4, 0.5) is 0 Å². The van der Waals surface area contributed by atoms with Crippen LogP contribution in [0.25, 0.3) is 10.8 Å². The van der Waals surface area contributed by atoms with Crippen LogP contribution in [0.2, 0.25) is 0 Å². The minimum atomic E-state index is -1.33.